The van der Waals surface area contributed by atoms with Crippen LogP contribution in [0.3, 0.4) is 0 Å². The first-order chi connectivity index (χ1) is 13.2. The predicted molar refractivity (Wildman–Crippen MR) is 110 cm³/mol. The van der Waals surface area contributed by atoms with Crippen LogP contribution in [0.15, 0.2) is 59.6 Å². The number of hydrogen-bond donors (Lipinski definition) is 3. The lowest BCUT2D eigenvalue weighted by Crippen LogP contribution is -2.38. The fraction of sp³-hybridized carbons (Fsp3) is 0.333. The standard InChI is InChI=1S/C21H28N4O2/c1-3-22-21(23-13-8-14-27-20-11-5-4-6-12-20)24-16-18-9-7-10-19(15-18)25-17(2)26/h4-7,9-12,15H,3,8,13-14,16H2,1-2H3,(H,25,26)(H2,22,23,24). The summed E-state index contributed by atoms with van der Waals surface area (Å²) < 4.78 is 5.69. The van der Waals surface area contributed by atoms with E-state index in [0.29, 0.717) is 13.2 Å². The van der Waals surface area contributed by atoms with E-state index < -0.39 is 0 Å². The van der Waals surface area contributed by atoms with Crippen LogP contribution < -0.4 is 20.7 Å². The van der Waals surface area contributed by atoms with Crippen molar-refractivity contribution in [2.75, 3.05) is 25.0 Å². The first-order valence-corrected chi connectivity index (χ1v) is 9.24. The Hall–Kier alpha value is -3.02. The molecule has 0 aliphatic heterocycles. The fourth-order valence-corrected chi connectivity index (χ4v) is 2.45. The normalized spacial score (nSPS) is 11.0. The van der Waals surface area contributed by atoms with Gasteiger partial charge in [0.25, 0.3) is 0 Å². The molecule has 0 unspecified atom stereocenters. The molecule has 2 aromatic carbocycles. The quantitative estimate of drug-likeness (QED) is 0.361. The van der Waals surface area contributed by atoms with Crippen LogP contribution in [0.5, 0.6) is 5.75 Å². The second kappa shape index (κ2) is 11.6. The maximum Gasteiger partial charge on any atom is 0.221 e. The van der Waals surface area contributed by atoms with Crippen molar-refractivity contribution in [1.29, 1.82) is 0 Å². The van der Waals surface area contributed by atoms with E-state index in [4.69, 9.17) is 4.74 Å². The number of ether oxygens (including phenoxy) is 1. The lowest BCUT2D eigenvalue weighted by Gasteiger charge is -2.12. The van der Waals surface area contributed by atoms with Crippen molar-refractivity contribution < 1.29 is 9.53 Å². The first kappa shape index (κ1) is 20.3. The molecular formula is C21H28N4O2. The average molecular weight is 368 g/mol. The highest BCUT2D eigenvalue weighted by molar-refractivity contribution is 5.88. The van der Waals surface area contributed by atoms with Gasteiger partial charge in [0.05, 0.1) is 13.2 Å². The van der Waals surface area contributed by atoms with E-state index in [9.17, 15) is 4.79 Å². The van der Waals surface area contributed by atoms with Crippen molar-refractivity contribution in [2.24, 2.45) is 4.99 Å². The van der Waals surface area contributed by atoms with Crippen molar-refractivity contribution in [2.45, 2.75) is 26.8 Å². The Morgan fingerprint density at radius 3 is 2.63 bits per heavy atom. The Morgan fingerprint density at radius 1 is 1.07 bits per heavy atom. The number of hydrogen-bond acceptors (Lipinski definition) is 3. The molecule has 6 nitrogen and oxygen atoms in total. The smallest absolute Gasteiger partial charge is 0.221 e. The van der Waals surface area contributed by atoms with E-state index in [-0.39, 0.29) is 5.91 Å². The molecule has 144 valence electrons. The highest BCUT2D eigenvalue weighted by Gasteiger charge is 2.00. The summed E-state index contributed by atoms with van der Waals surface area (Å²) in [7, 11) is 0. The SMILES string of the molecule is CCNC(=NCc1cccc(NC(C)=O)c1)NCCCOc1ccccc1. The summed E-state index contributed by atoms with van der Waals surface area (Å²) in [6, 6.07) is 17.5. The Labute approximate surface area is 161 Å². The van der Waals surface area contributed by atoms with Crippen molar-refractivity contribution >= 4 is 17.6 Å². The van der Waals surface area contributed by atoms with E-state index in [2.05, 4.69) is 20.9 Å². The van der Waals surface area contributed by atoms with Gasteiger partial charge in [-0.1, -0.05) is 30.3 Å². The van der Waals surface area contributed by atoms with Gasteiger partial charge < -0.3 is 20.7 Å². The average Bonchev–Trinajstić information content (AvgIpc) is 2.66. The lowest BCUT2D eigenvalue weighted by atomic mass is 10.2. The minimum Gasteiger partial charge on any atom is -0.494 e. The van der Waals surface area contributed by atoms with Crippen LogP contribution in [0.4, 0.5) is 5.69 Å². The molecule has 27 heavy (non-hydrogen) atoms. The van der Waals surface area contributed by atoms with Gasteiger partial charge >= 0.3 is 0 Å². The molecule has 0 saturated heterocycles. The highest BCUT2D eigenvalue weighted by Crippen LogP contribution is 2.11. The molecule has 0 saturated carbocycles. The monoisotopic (exact) mass is 368 g/mol. The number of aliphatic imine (C=N–C) groups is 1. The molecule has 1 amide bonds. The number of carbonyl (C=O) groups excluding carboxylic acids is 1. The molecule has 0 aliphatic rings. The topological polar surface area (TPSA) is 74.8 Å². The number of carbonyl (C=O) groups is 1. The summed E-state index contributed by atoms with van der Waals surface area (Å²) in [6.07, 6.45) is 0.872. The zero-order valence-corrected chi connectivity index (χ0v) is 16.0. The molecule has 0 bridgehead atoms. The molecule has 0 aromatic heterocycles. The molecular weight excluding hydrogens is 340 g/mol. The van der Waals surface area contributed by atoms with E-state index in [1.807, 2.05) is 61.5 Å². The number of nitrogens with one attached hydrogen (secondary N) is 3. The second-order valence-corrected chi connectivity index (χ2v) is 6.02. The van der Waals surface area contributed by atoms with E-state index in [1.165, 1.54) is 6.92 Å². The minimum atomic E-state index is -0.0802. The summed E-state index contributed by atoms with van der Waals surface area (Å²) in [6.45, 7) is 6.27. The predicted octanol–water partition coefficient (Wildman–Crippen LogP) is 3.17. The molecule has 0 spiro atoms. The summed E-state index contributed by atoms with van der Waals surface area (Å²) in [5.74, 6) is 1.57. The van der Waals surface area contributed by atoms with Gasteiger partial charge in [0.15, 0.2) is 5.96 Å². The van der Waals surface area contributed by atoms with Gasteiger partial charge in [-0.15, -0.1) is 0 Å². The van der Waals surface area contributed by atoms with Gasteiger partial charge in [0.1, 0.15) is 5.75 Å². The molecule has 6 heteroatoms. The van der Waals surface area contributed by atoms with E-state index in [0.717, 1.165) is 42.5 Å². The Kier molecular flexibility index (Phi) is 8.69. The molecule has 0 heterocycles. The molecule has 0 atom stereocenters. The highest BCUT2D eigenvalue weighted by atomic mass is 16.5. The van der Waals surface area contributed by atoms with Gasteiger partial charge in [-0.2, -0.15) is 0 Å². The Morgan fingerprint density at radius 2 is 1.89 bits per heavy atom. The first-order valence-electron chi connectivity index (χ1n) is 9.24. The Balaban J connectivity index is 1.78. The molecule has 2 rings (SSSR count). The van der Waals surface area contributed by atoms with Gasteiger partial charge in [-0.05, 0) is 43.2 Å². The number of anilines is 1. The summed E-state index contributed by atoms with van der Waals surface area (Å²) in [5, 5.41) is 9.34. The second-order valence-electron chi connectivity index (χ2n) is 6.02. The van der Waals surface area contributed by atoms with Crippen LogP contribution in [0, 0.1) is 0 Å². The maximum atomic E-state index is 11.2. The number of amides is 1. The van der Waals surface area contributed by atoms with E-state index >= 15 is 0 Å². The van der Waals surface area contributed by atoms with Gasteiger partial charge in [-0.25, -0.2) is 4.99 Å². The maximum absolute atomic E-state index is 11.2. The van der Waals surface area contributed by atoms with Gasteiger partial charge in [0.2, 0.25) is 5.91 Å². The van der Waals surface area contributed by atoms with Crippen LogP contribution >= 0.6 is 0 Å². The summed E-state index contributed by atoms with van der Waals surface area (Å²) in [4.78, 5) is 15.8. The largest absolute Gasteiger partial charge is 0.494 e. The molecule has 0 aliphatic carbocycles. The number of guanidine groups is 1. The van der Waals surface area contributed by atoms with Crippen molar-refractivity contribution in [3.8, 4) is 5.75 Å². The van der Waals surface area contributed by atoms with Gasteiger partial charge in [-0.3, -0.25) is 4.79 Å². The van der Waals surface area contributed by atoms with Gasteiger partial charge in [0, 0.05) is 25.7 Å². The molecule has 0 fully saturated rings. The fourth-order valence-electron chi connectivity index (χ4n) is 2.45. The molecule has 2 aromatic rings. The van der Waals surface area contributed by atoms with Crippen molar-refractivity contribution in [3.05, 3.63) is 60.2 Å². The van der Waals surface area contributed by atoms with Crippen LogP contribution in [-0.2, 0) is 11.3 Å². The molecule has 0 radical (unpaired) electrons. The summed E-state index contributed by atoms with van der Waals surface area (Å²) in [5.41, 5.74) is 1.82. The number of para-hydroxylation sites is 1. The van der Waals surface area contributed by atoms with Crippen molar-refractivity contribution in [3.63, 3.8) is 0 Å². The molecule has 3 N–H and O–H groups in total. The third-order valence-electron chi connectivity index (χ3n) is 3.64. The summed E-state index contributed by atoms with van der Waals surface area (Å²) >= 11 is 0. The Bertz CT molecular complexity index is 732. The third kappa shape index (κ3) is 8.27. The van der Waals surface area contributed by atoms with Crippen molar-refractivity contribution in [1.82, 2.24) is 10.6 Å². The lowest BCUT2D eigenvalue weighted by molar-refractivity contribution is -0.114. The zero-order chi connectivity index (χ0) is 19.3. The number of rotatable bonds is 9. The minimum absolute atomic E-state index is 0.0802. The van der Waals surface area contributed by atoms with Crippen LogP contribution in [0.2, 0.25) is 0 Å². The van der Waals surface area contributed by atoms with E-state index in [1.54, 1.807) is 0 Å². The van der Waals surface area contributed by atoms with Crippen LogP contribution in [0.25, 0.3) is 0 Å². The van der Waals surface area contributed by atoms with Crippen LogP contribution in [-0.4, -0.2) is 31.6 Å². The number of benzene rings is 2. The third-order valence-corrected chi connectivity index (χ3v) is 3.64. The number of nitrogens with zero attached hydrogens (tertiary/aromatic N) is 1. The van der Waals surface area contributed by atoms with Crippen LogP contribution in [0.1, 0.15) is 25.8 Å². The zero-order valence-electron chi connectivity index (χ0n) is 16.0.